The van der Waals surface area contributed by atoms with Gasteiger partial charge in [0.15, 0.2) is 0 Å². The highest BCUT2D eigenvalue weighted by Crippen LogP contribution is 2.37. The van der Waals surface area contributed by atoms with Crippen LogP contribution in [0.2, 0.25) is 0 Å². The van der Waals surface area contributed by atoms with Gasteiger partial charge in [-0.05, 0) is 25.7 Å². The van der Waals surface area contributed by atoms with Crippen LogP contribution in [0, 0.1) is 5.92 Å². The van der Waals surface area contributed by atoms with Crippen LogP contribution in [0.15, 0.2) is 0 Å². The van der Waals surface area contributed by atoms with Gasteiger partial charge >= 0.3 is 5.97 Å². The van der Waals surface area contributed by atoms with Crippen LogP contribution >= 0.6 is 0 Å². The molecule has 0 aliphatic heterocycles. The lowest BCUT2D eigenvalue weighted by molar-refractivity contribution is -0.138. The van der Waals surface area contributed by atoms with Crippen LogP contribution in [0.25, 0.3) is 0 Å². The summed E-state index contributed by atoms with van der Waals surface area (Å²) in [5, 5.41) is 10.6. The van der Waals surface area contributed by atoms with E-state index in [1.807, 2.05) is 0 Å². The summed E-state index contributed by atoms with van der Waals surface area (Å²) in [5.41, 5.74) is 4.84. The Bertz CT molecular complexity index is 234. The maximum Gasteiger partial charge on any atom is 0.322 e. The Labute approximate surface area is 76.3 Å². The van der Waals surface area contributed by atoms with Gasteiger partial charge < -0.3 is 16.2 Å². The zero-order valence-corrected chi connectivity index (χ0v) is 7.54. The van der Waals surface area contributed by atoms with Gasteiger partial charge in [-0.2, -0.15) is 0 Å². The highest BCUT2D eigenvalue weighted by Gasteiger charge is 2.43. The molecule has 13 heavy (non-hydrogen) atoms. The molecule has 1 amide bonds. The van der Waals surface area contributed by atoms with Crippen LogP contribution in [0.3, 0.4) is 0 Å². The topological polar surface area (TPSA) is 92.4 Å². The highest BCUT2D eigenvalue weighted by atomic mass is 16.4. The van der Waals surface area contributed by atoms with E-state index in [0.717, 1.165) is 12.8 Å². The second-order valence-corrected chi connectivity index (χ2v) is 3.63. The number of carboxylic acid groups (broad SMARTS) is 1. The minimum Gasteiger partial charge on any atom is -0.480 e. The van der Waals surface area contributed by atoms with E-state index in [9.17, 15) is 9.59 Å². The lowest BCUT2D eigenvalue weighted by Crippen LogP contribution is -2.54. The third-order valence-corrected chi connectivity index (χ3v) is 2.31. The van der Waals surface area contributed by atoms with Gasteiger partial charge in [-0.1, -0.05) is 0 Å². The van der Waals surface area contributed by atoms with Gasteiger partial charge in [0.1, 0.15) is 6.54 Å². The van der Waals surface area contributed by atoms with E-state index >= 15 is 0 Å². The fraction of sp³-hybridized carbons (Fsp3) is 0.750. The van der Waals surface area contributed by atoms with Crippen LogP contribution < -0.4 is 11.1 Å². The van der Waals surface area contributed by atoms with Crippen molar-refractivity contribution in [2.75, 3.05) is 6.54 Å². The Hall–Kier alpha value is -1.10. The Morgan fingerprint density at radius 2 is 2.15 bits per heavy atom. The minimum absolute atomic E-state index is 0.210. The molecule has 0 aromatic carbocycles. The standard InChI is InChI=1S/C8H14N2O3/c1-8(9,5-2-3-5)7(13)10-4-6(11)12/h5H,2-4,9H2,1H3,(H,10,13)(H,11,12). The van der Waals surface area contributed by atoms with Crippen molar-refractivity contribution in [1.29, 1.82) is 0 Å². The quantitative estimate of drug-likeness (QED) is 0.542. The predicted octanol–water partition coefficient (Wildman–Crippen LogP) is -0.685. The molecule has 0 radical (unpaired) electrons. The van der Waals surface area contributed by atoms with E-state index in [-0.39, 0.29) is 18.4 Å². The summed E-state index contributed by atoms with van der Waals surface area (Å²) in [7, 11) is 0. The summed E-state index contributed by atoms with van der Waals surface area (Å²) >= 11 is 0. The van der Waals surface area contributed by atoms with E-state index in [0.29, 0.717) is 0 Å². The third kappa shape index (κ3) is 2.42. The van der Waals surface area contributed by atoms with Crippen LogP contribution in [-0.2, 0) is 9.59 Å². The number of carbonyl (C=O) groups is 2. The van der Waals surface area contributed by atoms with Gasteiger partial charge in [0.2, 0.25) is 5.91 Å². The molecule has 1 fully saturated rings. The van der Waals surface area contributed by atoms with Crippen molar-refractivity contribution in [3.05, 3.63) is 0 Å². The van der Waals surface area contributed by atoms with Crippen molar-refractivity contribution in [3.63, 3.8) is 0 Å². The average Bonchev–Trinajstić information content (AvgIpc) is 2.81. The summed E-state index contributed by atoms with van der Waals surface area (Å²) in [4.78, 5) is 21.5. The smallest absolute Gasteiger partial charge is 0.322 e. The van der Waals surface area contributed by atoms with Crippen molar-refractivity contribution in [2.24, 2.45) is 11.7 Å². The molecule has 0 aromatic heterocycles. The number of hydrogen-bond acceptors (Lipinski definition) is 3. The number of rotatable bonds is 4. The first-order valence-corrected chi connectivity index (χ1v) is 4.23. The minimum atomic E-state index is -1.06. The molecule has 0 bridgehead atoms. The first-order chi connectivity index (χ1) is 5.94. The van der Waals surface area contributed by atoms with Gasteiger partial charge in [0.25, 0.3) is 0 Å². The van der Waals surface area contributed by atoms with Gasteiger partial charge in [-0.15, -0.1) is 0 Å². The predicted molar refractivity (Wildman–Crippen MR) is 46.0 cm³/mol. The molecular weight excluding hydrogens is 172 g/mol. The van der Waals surface area contributed by atoms with E-state index in [1.165, 1.54) is 0 Å². The number of aliphatic carboxylic acids is 1. The summed E-state index contributed by atoms with van der Waals surface area (Å²) in [6.07, 6.45) is 1.90. The van der Waals surface area contributed by atoms with Crippen LogP contribution in [0.1, 0.15) is 19.8 Å². The zero-order valence-electron chi connectivity index (χ0n) is 7.54. The molecule has 0 heterocycles. The molecule has 5 nitrogen and oxygen atoms in total. The van der Waals surface area contributed by atoms with Crippen molar-refractivity contribution in [3.8, 4) is 0 Å². The van der Waals surface area contributed by atoms with Gasteiger partial charge in [0, 0.05) is 0 Å². The van der Waals surface area contributed by atoms with Gasteiger partial charge in [0.05, 0.1) is 5.54 Å². The molecular formula is C8H14N2O3. The molecule has 5 heteroatoms. The normalized spacial score (nSPS) is 20.5. The number of amides is 1. The van der Waals surface area contributed by atoms with E-state index in [4.69, 9.17) is 10.8 Å². The number of carboxylic acids is 1. The van der Waals surface area contributed by atoms with E-state index in [2.05, 4.69) is 5.32 Å². The average molecular weight is 186 g/mol. The van der Waals surface area contributed by atoms with Crippen LogP contribution in [0.5, 0.6) is 0 Å². The Kier molecular flexibility index (Phi) is 2.56. The summed E-state index contributed by atoms with van der Waals surface area (Å²) < 4.78 is 0. The SMILES string of the molecule is CC(N)(C(=O)NCC(=O)O)C1CC1. The van der Waals surface area contributed by atoms with Crippen molar-refractivity contribution in [2.45, 2.75) is 25.3 Å². The molecule has 1 aliphatic carbocycles. The van der Waals surface area contributed by atoms with Gasteiger partial charge in [-0.25, -0.2) is 0 Å². The number of hydrogen-bond donors (Lipinski definition) is 3. The second kappa shape index (κ2) is 3.33. The molecule has 1 rings (SSSR count). The highest BCUT2D eigenvalue weighted by molar-refractivity contribution is 5.88. The maximum absolute atomic E-state index is 11.4. The lowest BCUT2D eigenvalue weighted by atomic mass is 9.96. The van der Waals surface area contributed by atoms with Crippen LogP contribution in [0.4, 0.5) is 0 Å². The number of carbonyl (C=O) groups excluding carboxylic acids is 1. The molecule has 0 spiro atoms. The van der Waals surface area contributed by atoms with E-state index < -0.39 is 11.5 Å². The van der Waals surface area contributed by atoms with Crippen molar-refractivity contribution < 1.29 is 14.7 Å². The molecule has 1 atom stereocenters. The first kappa shape index (κ1) is 9.98. The summed E-state index contributed by atoms with van der Waals surface area (Å²) in [6, 6.07) is 0. The molecule has 1 aliphatic rings. The third-order valence-electron chi connectivity index (χ3n) is 2.31. The van der Waals surface area contributed by atoms with Crippen molar-refractivity contribution in [1.82, 2.24) is 5.32 Å². The number of nitrogens with two attached hydrogens (primary N) is 1. The Morgan fingerprint density at radius 3 is 2.54 bits per heavy atom. The zero-order chi connectivity index (χ0) is 10.1. The Morgan fingerprint density at radius 1 is 1.62 bits per heavy atom. The van der Waals surface area contributed by atoms with E-state index in [1.54, 1.807) is 6.92 Å². The lowest BCUT2D eigenvalue weighted by Gasteiger charge is -2.22. The fourth-order valence-corrected chi connectivity index (χ4v) is 1.21. The van der Waals surface area contributed by atoms with Crippen LogP contribution in [-0.4, -0.2) is 29.1 Å². The monoisotopic (exact) mass is 186 g/mol. The fourth-order valence-electron chi connectivity index (χ4n) is 1.21. The molecule has 4 N–H and O–H groups in total. The summed E-state index contributed by atoms with van der Waals surface area (Å²) in [6.45, 7) is 1.28. The van der Waals surface area contributed by atoms with Crippen molar-refractivity contribution >= 4 is 11.9 Å². The van der Waals surface area contributed by atoms with Gasteiger partial charge in [-0.3, -0.25) is 9.59 Å². The maximum atomic E-state index is 11.4. The largest absolute Gasteiger partial charge is 0.480 e. The molecule has 74 valence electrons. The molecule has 0 aromatic rings. The second-order valence-electron chi connectivity index (χ2n) is 3.63. The Balaban J connectivity index is 2.41. The molecule has 1 unspecified atom stereocenters. The number of nitrogens with one attached hydrogen (secondary N) is 1. The molecule has 1 saturated carbocycles. The molecule has 0 saturated heterocycles. The first-order valence-electron chi connectivity index (χ1n) is 4.23. The summed E-state index contributed by atoms with van der Waals surface area (Å²) in [5.74, 6) is -1.22.